The van der Waals surface area contributed by atoms with Gasteiger partial charge in [-0.2, -0.15) is 0 Å². The van der Waals surface area contributed by atoms with Gasteiger partial charge >= 0.3 is 5.97 Å². The highest BCUT2D eigenvalue weighted by molar-refractivity contribution is 5.98. The van der Waals surface area contributed by atoms with Crippen molar-refractivity contribution in [2.24, 2.45) is 0 Å². The molecule has 0 saturated carbocycles. The minimum atomic E-state index is -0.628. The predicted molar refractivity (Wildman–Crippen MR) is 89.9 cm³/mol. The minimum Gasteiger partial charge on any atom is -0.452 e. The summed E-state index contributed by atoms with van der Waals surface area (Å²) in [7, 11) is 0. The van der Waals surface area contributed by atoms with Crippen LogP contribution in [0.2, 0.25) is 0 Å². The first-order chi connectivity index (χ1) is 11.6. The van der Waals surface area contributed by atoms with E-state index in [1.165, 1.54) is 13.0 Å². The first-order valence-electron chi connectivity index (χ1n) is 7.65. The summed E-state index contributed by atoms with van der Waals surface area (Å²) in [6.07, 6.45) is 0.710. The Morgan fingerprint density at radius 2 is 1.67 bits per heavy atom. The fourth-order valence-corrected chi connectivity index (χ4v) is 2.12. The van der Waals surface area contributed by atoms with Crippen LogP contribution in [0.5, 0.6) is 0 Å². The summed E-state index contributed by atoms with van der Waals surface area (Å²) >= 11 is 0. The van der Waals surface area contributed by atoms with Gasteiger partial charge in [-0.25, -0.2) is 4.79 Å². The number of ketones is 1. The zero-order valence-electron chi connectivity index (χ0n) is 13.5. The minimum absolute atomic E-state index is 0.136. The second-order valence-corrected chi connectivity index (χ2v) is 5.30. The number of hydrogen-bond acceptors (Lipinski definition) is 4. The number of amides is 1. The number of ether oxygens (including phenoxy) is 1. The summed E-state index contributed by atoms with van der Waals surface area (Å²) in [4.78, 5) is 34.9. The van der Waals surface area contributed by atoms with Gasteiger partial charge in [-0.3, -0.25) is 9.59 Å². The van der Waals surface area contributed by atoms with Crippen molar-refractivity contribution in [3.63, 3.8) is 0 Å². The average Bonchev–Trinajstić information content (AvgIpc) is 2.60. The van der Waals surface area contributed by atoms with Crippen molar-refractivity contribution in [1.82, 2.24) is 5.32 Å². The molecular weight excluding hydrogens is 306 g/mol. The molecule has 0 unspecified atom stereocenters. The maximum absolute atomic E-state index is 11.9. The monoisotopic (exact) mass is 325 g/mol. The maximum Gasteiger partial charge on any atom is 0.338 e. The molecule has 0 aliphatic rings. The van der Waals surface area contributed by atoms with Crippen molar-refractivity contribution in [1.29, 1.82) is 0 Å². The Kier molecular flexibility index (Phi) is 6.25. The molecule has 0 fully saturated rings. The lowest BCUT2D eigenvalue weighted by atomic mass is 10.1. The summed E-state index contributed by atoms with van der Waals surface area (Å²) < 4.78 is 4.97. The second kappa shape index (κ2) is 8.62. The third-order valence-electron chi connectivity index (χ3n) is 3.42. The van der Waals surface area contributed by atoms with E-state index in [-0.39, 0.29) is 23.9 Å². The Bertz CT molecular complexity index is 725. The molecule has 0 atom stereocenters. The van der Waals surface area contributed by atoms with E-state index in [0.717, 1.165) is 5.56 Å². The Hall–Kier alpha value is -2.95. The molecule has 5 nitrogen and oxygen atoms in total. The van der Waals surface area contributed by atoms with Gasteiger partial charge in [0.15, 0.2) is 12.4 Å². The molecule has 0 spiro atoms. The number of rotatable bonds is 7. The number of nitrogens with one attached hydrogen (secondary N) is 1. The highest BCUT2D eigenvalue weighted by Gasteiger charge is 2.11. The molecule has 0 aliphatic heterocycles. The molecule has 0 bridgehead atoms. The molecule has 1 amide bonds. The number of Topliss-reactive ketones (excluding diaryl/α,β-unsaturated/α-hetero) is 1. The van der Waals surface area contributed by atoms with Gasteiger partial charge in [0.2, 0.25) is 0 Å². The lowest BCUT2D eigenvalue weighted by Gasteiger charge is -2.07. The lowest BCUT2D eigenvalue weighted by Crippen LogP contribution is -2.30. The average molecular weight is 325 g/mol. The topological polar surface area (TPSA) is 72.5 Å². The van der Waals surface area contributed by atoms with Gasteiger partial charge in [0.1, 0.15) is 0 Å². The lowest BCUT2D eigenvalue weighted by molar-refractivity contribution is -0.124. The fraction of sp³-hybridized carbons (Fsp3) is 0.211. The molecule has 124 valence electrons. The molecule has 1 N–H and O–H groups in total. The first kappa shape index (κ1) is 17.4. The van der Waals surface area contributed by atoms with Crippen molar-refractivity contribution in [3.05, 3.63) is 71.3 Å². The van der Waals surface area contributed by atoms with E-state index in [9.17, 15) is 14.4 Å². The first-order valence-corrected chi connectivity index (χ1v) is 7.65. The number of benzene rings is 2. The Morgan fingerprint density at radius 3 is 2.38 bits per heavy atom. The zero-order chi connectivity index (χ0) is 17.4. The molecule has 2 aromatic carbocycles. The van der Waals surface area contributed by atoms with Crippen molar-refractivity contribution in [3.8, 4) is 0 Å². The van der Waals surface area contributed by atoms with E-state index in [1.54, 1.807) is 18.2 Å². The number of hydrogen-bond donors (Lipinski definition) is 1. The van der Waals surface area contributed by atoms with Crippen LogP contribution in [0.1, 0.15) is 33.2 Å². The summed E-state index contributed by atoms with van der Waals surface area (Å²) in [6.45, 7) is 1.54. The number of carbonyl (C=O) groups is 3. The second-order valence-electron chi connectivity index (χ2n) is 5.30. The molecule has 2 rings (SSSR count). The number of esters is 1. The highest BCUT2D eigenvalue weighted by Crippen LogP contribution is 2.07. The summed E-state index contributed by atoms with van der Waals surface area (Å²) in [6, 6.07) is 16.0. The highest BCUT2D eigenvalue weighted by atomic mass is 16.5. The quantitative estimate of drug-likeness (QED) is 0.627. The predicted octanol–water partition coefficient (Wildman–Crippen LogP) is 2.40. The van der Waals surface area contributed by atoms with Gasteiger partial charge in [0, 0.05) is 12.1 Å². The molecule has 0 aliphatic carbocycles. The molecule has 2 aromatic rings. The van der Waals surface area contributed by atoms with Crippen LogP contribution in [-0.2, 0) is 16.0 Å². The van der Waals surface area contributed by atoms with Crippen molar-refractivity contribution < 1.29 is 19.1 Å². The van der Waals surface area contributed by atoms with Crippen LogP contribution < -0.4 is 5.32 Å². The zero-order valence-corrected chi connectivity index (χ0v) is 13.5. The normalized spacial score (nSPS) is 10.0. The molecule has 24 heavy (non-hydrogen) atoms. The molecular formula is C19H19NO4. The molecule has 0 heterocycles. The van der Waals surface area contributed by atoms with Crippen LogP contribution >= 0.6 is 0 Å². The summed E-state index contributed by atoms with van der Waals surface area (Å²) in [5, 5.41) is 2.70. The van der Waals surface area contributed by atoms with Crippen molar-refractivity contribution >= 4 is 17.7 Å². The maximum atomic E-state index is 11.9. The largest absolute Gasteiger partial charge is 0.452 e. The van der Waals surface area contributed by atoms with Crippen LogP contribution in [-0.4, -0.2) is 30.8 Å². The summed E-state index contributed by atoms with van der Waals surface area (Å²) in [5.41, 5.74) is 1.80. The van der Waals surface area contributed by atoms with Gasteiger partial charge in [-0.15, -0.1) is 0 Å². The van der Waals surface area contributed by atoms with Gasteiger partial charge in [0.05, 0.1) is 5.56 Å². The standard InChI is InChI=1S/C19H19NO4/c1-14(21)16-8-5-9-17(12-16)19(23)24-13-18(22)20-11-10-15-6-3-2-4-7-15/h2-9,12H,10-11,13H2,1H3,(H,20,22). The van der Waals surface area contributed by atoms with Crippen LogP contribution in [0, 0.1) is 0 Å². The van der Waals surface area contributed by atoms with Crippen LogP contribution in [0.15, 0.2) is 54.6 Å². The van der Waals surface area contributed by atoms with E-state index in [4.69, 9.17) is 4.74 Å². The third-order valence-corrected chi connectivity index (χ3v) is 3.42. The Labute approximate surface area is 140 Å². The van der Waals surface area contributed by atoms with Gasteiger partial charge in [0.25, 0.3) is 5.91 Å². The SMILES string of the molecule is CC(=O)c1cccc(C(=O)OCC(=O)NCCc2ccccc2)c1. The molecule has 5 heteroatoms. The van der Waals surface area contributed by atoms with Crippen molar-refractivity contribution in [2.45, 2.75) is 13.3 Å². The van der Waals surface area contributed by atoms with E-state index in [2.05, 4.69) is 5.32 Å². The van der Waals surface area contributed by atoms with Crippen LogP contribution in [0.4, 0.5) is 0 Å². The molecule has 0 aromatic heterocycles. The molecule has 0 radical (unpaired) electrons. The van der Waals surface area contributed by atoms with Gasteiger partial charge in [-0.1, -0.05) is 42.5 Å². The Balaban J connectivity index is 1.76. The van der Waals surface area contributed by atoms with E-state index >= 15 is 0 Å². The van der Waals surface area contributed by atoms with Crippen LogP contribution in [0.3, 0.4) is 0 Å². The van der Waals surface area contributed by atoms with E-state index in [1.807, 2.05) is 30.3 Å². The smallest absolute Gasteiger partial charge is 0.338 e. The summed E-state index contributed by atoms with van der Waals surface area (Å²) in [5.74, 6) is -1.12. The van der Waals surface area contributed by atoms with Gasteiger partial charge < -0.3 is 10.1 Å². The third kappa shape index (κ3) is 5.35. The number of carbonyl (C=O) groups excluding carboxylic acids is 3. The molecule has 0 saturated heterocycles. The fourth-order valence-electron chi connectivity index (χ4n) is 2.12. The Morgan fingerprint density at radius 1 is 0.958 bits per heavy atom. The van der Waals surface area contributed by atoms with E-state index < -0.39 is 5.97 Å². The van der Waals surface area contributed by atoms with Crippen LogP contribution in [0.25, 0.3) is 0 Å². The van der Waals surface area contributed by atoms with Gasteiger partial charge in [-0.05, 0) is 31.0 Å². The van der Waals surface area contributed by atoms with E-state index in [0.29, 0.717) is 18.5 Å². The van der Waals surface area contributed by atoms with Crippen molar-refractivity contribution in [2.75, 3.05) is 13.2 Å².